The zero-order chi connectivity index (χ0) is 11.9. The second kappa shape index (κ2) is 3.79. The lowest BCUT2D eigenvalue weighted by atomic mass is 10.0. The predicted molar refractivity (Wildman–Crippen MR) is 64.2 cm³/mol. The number of rotatable bonds is 1. The van der Waals surface area contributed by atoms with E-state index in [9.17, 15) is 8.42 Å². The molecule has 0 aliphatic carbocycles. The summed E-state index contributed by atoms with van der Waals surface area (Å²) in [6.07, 6.45) is 1.58. The van der Waals surface area contributed by atoms with Gasteiger partial charge in [0.1, 0.15) is 12.4 Å². The molecule has 0 fully saturated rings. The number of aryl methyl sites for hydroxylation is 2. The van der Waals surface area contributed by atoms with Crippen LogP contribution in [0.25, 0.3) is 6.08 Å². The minimum atomic E-state index is -3.69. The molecule has 0 saturated heterocycles. The highest BCUT2D eigenvalue weighted by Crippen LogP contribution is 2.32. The molecular formula is C11H11ClO3S. The average Bonchev–Trinajstić information content (AvgIpc) is 2.15. The van der Waals surface area contributed by atoms with E-state index in [0.717, 1.165) is 16.7 Å². The van der Waals surface area contributed by atoms with Crippen molar-refractivity contribution in [2.24, 2.45) is 0 Å². The van der Waals surface area contributed by atoms with E-state index in [2.05, 4.69) is 0 Å². The maximum atomic E-state index is 11.2. The molecule has 1 heterocycles. The summed E-state index contributed by atoms with van der Waals surface area (Å²) in [6, 6.07) is 3.86. The Hall–Kier alpha value is -1.000. The molecule has 0 amide bonds. The molecule has 0 aromatic heterocycles. The van der Waals surface area contributed by atoms with Gasteiger partial charge in [-0.1, -0.05) is 6.07 Å². The molecular weight excluding hydrogens is 248 g/mol. The lowest BCUT2D eigenvalue weighted by molar-refractivity contribution is 0.353. The second-order valence-electron chi connectivity index (χ2n) is 3.83. The van der Waals surface area contributed by atoms with Crippen molar-refractivity contribution in [3.05, 3.63) is 33.7 Å². The van der Waals surface area contributed by atoms with Crippen LogP contribution in [-0.2, 0) is 9.05 Å². The molecule has 0 atom stereocenters. The first-order valence-corrected chi connectivity index (χ1v) is 7.08. The van der Waals surface area contributed by atoms with Crippen molar-refractivity contribution in [2.45, 2.75) is 13.8 Å². The summed E-state index contributed by atoms with van der Waals surface area (Å²) in [5, 5.41) is 0. The van der Waals surface area contributed by atoms with Gasteiger partial charge in [-0.25, -0.2) is 8.42 Å². The van der Waals surface area contributed by atoms with Crippen molar-refractivity contribution in [1.29, 1.82) is 0 Å². The maximum absolute atomic E-state index is 11.2. The molecule has 86 valence electrons. The highest BCUT2D eigenvalue weighted by atomic mass is 35.7. The van der Waals surface area contributed by atoms with E-state index >= 15 is 0 Å². The minimum absolute atomic E-state index is 0.00171. The van der Waals surface area contributed by atoms with E-state index in [4.69, 9.17) is 15.4 Å². The Balaban J connectivity index is 2.61. The Kier molecular flexibility index (Phi) is 2.72. The summed E-state index contributed by atoms with van der Waals surface area (Å²) in [4.78, 5) is 0.105. The van der Waals surface area contributed by atoms with Gasteiger partial charge in [0, 0.05) is 16.2 Å². The van der Waals surface area contributed by atoms with Crippen LogP contribution in [0.3, 0.4) is 0 Å². The zero-order valence-corrected chi connectivity index (χ0v) is 10.5. The highest BCUT2D eigenvalue weighted by molar-refractivity contribution is 8.17. The van der Waals surface area contributed by atoms with E-state index in [-0.39, 0.29) is 11.5 Å². The Labute approximate surface area is 99.1 Å². The van der Waals surface area contributed by atoms with Crippen LogP contribution in [0.1, 0.15) is 16.7 Å². The number of hydrogen-bond acceptors (Lipinski definition) is 3. The first-order valence-electron chi connectivity index (χ1n) is 4.77. The van der Waals surface area contributed by atoms with Crippen molar-refractivity contribution in [2.75, 3.05) is 6.61 Å². The molecule has 1 aromatic carbocycles. The van der Waals surface area contributed by atoms with Gasteiger partial charge in [0.25, 0.3) is 9.05 Å². The third-order valence-corrected chi connectivity index (χ3v) is 3.94. The molecule has 1 aliphatic heterocycles. The Morgan fingerprint density at radius 1 is 1.31 bits per heavy atom. The van der Waals surface area contributed by atoms with Gasteiger partial charge in [-0.2, -0.15) is 0 Å². The fourth-order valence-electron chi connectivity index (χ4n) is 1.74. The number of hydrogen-bond donors (Lipinski definition) is 0. The van der Waals surface area contributed by atoms with Gasteiger partial charge in [0.05, 0.1) is 4.91 Å². The van der Waals surface area contributed by atoms with E-state index in [0.29, 0.717) is 5.75 Å². The van der Waals surface area contributed by atoms with E-state index in [1.165, 1.54) is 0 Å². The van der Waals surface area contributed by atoms with Gasteiger partial charge in [0.2, 0.25) is 0 Å². The Bertz CT molecular complexity index is 573. The van der Waals surface area contributed by atoms with Crippen LogP contribution in [0, 0.1) is 13.8 Å². The van der Waals surface area contributed by atoms with E-state index in [1.807, 2.05) is 26.0 Å². The van der Waals surface area contributed by atoms with Gasteiger partial charge in [-0.05, 0) is 37.1 Å². The van der Waals surface area contributed by atoms with Crippen molar-refractivity contribution in [3.63, 3.8) is 0 Å². The molecule has 0 spiro atoms. The molecule has 0 radical (unpaired) electrons. The molecule has 1 aromatic rings. The van der Waals surface area contributed by atoms with Gasteiger partial charge in [0.15, 0.2) is 0 Å². The van der Waals surface area contributed by atoms with Crippen LogP contribution in [0.15, 0.2) is 17.0 Å². The second-order valence-corrected chi connectivity index (χ2v) is 6.45. The largest absolute Gasteiger partial charge is 0.487 e. The van der Waals surface area contributed by atoms with Gasteiger partial charge in [-0.15, -0.1) is 0 Å². The number of benzene rings is 1. The molecule has 16 heavy (non-hydrogen) atoms. The SMILES string of the molecule is Cc1cc(C)c2c(c1)OCC(S(=O)(=O)Cl)=C2. The third-order valence-electron chi connectivity index (χ3n) is 2.48. The average molecular weight is 259 g/mol. The molecule has 0 saturated carbocycles. The van der Waals surface area contributed by atoms with Gasteiger partial charge >= 0.3 is 0 Å². The van der Waals surface area contributed by atoms with E-state index in [1.54, 1.807) is 6.08 Å². The zero-order valence-electron chi connectivity index (χ0n) is 8.95. The van der Waals surface area contributed by atoms with Gasteiger partial charge < -0.3 is 4.74 Å². The first kappa shape index (κ1) is 11.5. The van der Waals surface area contributed by atoms with Crippen molar-refractivity contribution >= 4 is 25.8 Å². The minimum Gasteiger partial charge on any atom is -0.487 e. The molecule has 2 rings (SSSR count). The topological polar surface area (TPSA) is 43.4 Å². The first-order chi connectivity index (χ1) is 7.38. The predicted octanol–water partition coefficient (Wildman–Crippen LogP) is 2.61. The summed E-state index contributed by atoms with van der Waals surface area (Å²) in [6.45, 7) is 3.88. The standard InChI is InChI=1S/C11H11ClO3S/c1-7-3-8(2)10-5-9(16(12,13)14)6-15-11(10)4-7/h3-5H,6H2,1-2H3. The summed E-state index contributed by atoms with van der Waals surface area (Å²) >= 11 is 0. The summed E-state index contributed by atoms with van der Waals surface area (Å²) in [5.74, 6) is 0.710. The number of halogens is 1. The van der Waals surface area contributed by atoms with Crippen LogP contribution in [0.4, 0.5) is 0 Å². The molecule has 3 nitrogen and oxygen atoms in total. The van der Waals surface area contributed by atoms with E-state index < -0.39 is 9.05 Å². The maximum Gasteiger partial charge on any atom is 0.260 e. The van der Waals surface area contributed by atoms with Crippen LogP contribution in [-0.4, -0.2) is 15.0 Å². The molecule has 1 aliphatic rings. The van der Waals surface area contributed by atoms with Crippen LogP contribution in [0.5, 0.6) is 5.75 Å². The Morgan fingerprint density at radius 3 is 2.62 bits per heavy atom. The molecule has 0 bridgehead atoms. The van der Waals surface area contributed by atoms with Crippen molar-refractivity contribution < 1.29 is 13.2 Å². The van der Waals surface area contributed by atoms with Crippen LogP contribution < -0.4 is 4.74 Å². The quantitative estimate of drug-likeness (QED) is 0.728. The molecule has 5 heteroatoms. The fourth-order valence-corrected chi connectivity index (χ4v) is 2.46. The van der Waals surface area contributed by atoms with Crippen LogP contribution in [0.2, 0.25) is 0 Å². The highest BCUT2D eigenvalue weighted by Gasteiger charge is 2.21. The third kappa shape index (κ3) is 2.08. The number of fused-ring (bicyclic) bond motifs is 1. The van der Waals surface area contributed by atoms with Crippen LogP contribution >= 0.6 is 10.7 Å². The lowest BCUT2D eigenvalue weighted by Gasteiger charge is -2.18. The van der Waals surface area contributed by atoms with Gasteiger partial charge in [-0.3, -0.25) is 0 Å². The summed E-state index contributed by atoms with van der Waals surface area (Å²) in [5.41, 5.74) is 2.85. The summed E-state index contributed by atoms with van der Waals surface area (Å²) < 4.78 is 27.8. The monoisotopic (exact) mass is 258 g/mol. The Morgan fingerprint density at radius 2 is 2.00 bits per heavy atom. The summed E-state index contributed by atoms with van der Waals surface area (Å²) in [7, 11) is 1.60. The fraction of sp³-hybridized carbons (Fsp3) is 0.273. The molecule has 0 N–H and O–H groups in total. The van der Waals surface area contributed by atoms with Crippen molar-refractivity contribution in [1.82, 2.24) is 0 Å². The number of ether oxygens (including phenoxy) is 1. The molecule has 0 unspecified atom stereocenters. The normalized spacial score (nSPS) is 15.1. The lowest BCUT2D eigenvalue weighted by Crippen LogP contribution is -2.12. The van der Waals surface area contributed by atoms with Crippen molar-refractivity contribution in [3.8, 4) is 5.75 Å². The smallest absolute Gasteiger partial charge is 0.260 e.